The minimum Gasteiger partial charge on any atom is -0.457 e. The molecule has 0 bridgehead atoms. The highest BCUT2D eigenvalue weighted by atomic mass is 32.2. The Labute approximate surface area is 186 Å². The van der Waals surface area contributed by atoms with Crippen LogP contribution in [0.25, 0.3) is 0 Å². The highest BCUT2D eigenvalue weighted by molar-refractivity contribution is 7.99. The number of rotatable bonds is 8. The van der Waals surface area contributed by atoms with Crippen molar-refractivity contribution in [2.75, 3.05) is 11.1 Å². The number of ether oxygens (including phenoxy) is 1. The lowest BCUT2D eigenvalue weighted by Crippen LogP contribution is -2.29. The van der Waals surface area contributed by atoms with E-state index in [0.29, 0.717) is 16.7 Å². The largest absolute Gasteiger partial charge is 0.457 e. The lowest BCUT2D eigenvalue weighted by molar-refractivity contribution is -0.140. The number of carbonyl (C=O) groups excluding carboxylic acids is 1. The van der Waals surface area contributed by atoms with Crippen molar-refractivity contribution in [1.82, 2.24) is 14.8 Å². The van der Waals surface area contributed by atoms with Gasteiger partial charge in [-0.1, -0.05) is 85.8 Å². The molecule has 2 aromatic carbocycles. The molecule has 4 rings (SSSR count). The van der Waals surface area contributed by atoms with Gasteiger partial charge < -0.3 is 10.1 Å². The number of nitrogens with zero attached hydrogens (tertiary/aromatic N) is 3. The van der Waals surface area contributed by atoms with Gasteiger partial charge >= 0.3 is 5.97 Å². The van der Waals surface area contributed by atoms with Crippen LogP contribution >= 0.6 is 11.8 Å². The smallest absolute Gasteiger partial charge is 0.338 e. The van der Waals surface area contributed by atoms with Gasteiger partial charge in [-0.05, 0) is 24.5 Å². The number of benzene rings is 2. The first kappa shape index (κ1) is 21.2. The van der Waals surface area contributed by atoms with Gasteiger partial charge in [-0.15, -0.1) is 5.10 Å². The minimum absolute atomic E-state index is 0.223. The summed E-state index contributed by atoms with van der Waals surface area (Å²) in [4.78, 5) is 17.9. The van der Waals surface area contributed by atoms with Gasteiger partial charge in [-0.25, -0.2) is 9.48 Å². The van der Waals surface area contributed by atoms with Gasteiger partial charge in [0.2, 0.25) is 11.1 Å². The zero-order chi connectivity index (χ0) is 21.6. The highest BCUT2D eigenvalue weighted by Crippen LogP contribution is 2.36. The second-order valence-corrected chi connectivity index (χ2v) is 8.47. The molecule has 3 aromatic rings. The summed E-state index contributed by atoms with van der Waals surface area (Å²) in [5.41, 5.74) is 3.19. The fourth-order valence-electron chi connectivity index (χ4n) is 3.51. The Morgan fingerprint density at radius 3 is 2.55 bits per heavy atom. The summed E-state index contributed by atoms with van der Waals surface area (Å²) in [6.07, 6.45) is 2.24. The van der Waals surface area contributed by atoms with Crippen LogP contribution in [0.4, 0.5) is 5.95 Å². The molecule has 1 aromatic heterocycles. The summed E-state index contributed by atoms with van der Waals surface area (Å²) in [6.45, 7) is 4.28. The molecular formula is C24H26N4O2S. The molecule has 1 N–H and O–H groups in total. The van der Waals surface area contributed by atoms with Crippen LogP contribution in [0.15, 0.2) is 77.1 Å². The molecule has 0 aliphatic carbocycles. The molecule has 0 amide bonds. The fourth-order valence-corrected chi connectivity index (χ4v) is 4.42. The predicted molar refractivity (Wildman–Crippen MR) is 123 cm³/mol. The third-order valence-electron chi connectivity index (χ3n) is 5.11. The topological polar surface area (TPSA) is 69.0 Å². The Morgan fingerprint density at radius 1 is 1.13 bits per heavy atom. The molecule has 1 aliphatic rings. The summed E-state index contributed by atoms with van der Waals surface area (Å²) in [7, 11) is 0. The van der Waals surface area contributed by atoms with E-state index in [9.17, 15) is 4.79 Å². The molecule has 6 nitrogen and oxygen atoms in total. The van der Waals surface area contributed by atoms with Crippen molar-refractivity contribution in [3.05, 3.63) is 83.1 Å². The van der Waals surface area contributed by atoms with E-state index in [2.05, 4.69) is 17.2 Å². The van der Waals surface area contributed by atoms with Crippen molar-refractivity contribution < 1.29 is 9.53 Å². The number of allylic oxidation sites excluding steroid dienone is 1. The summed E-state index contributed by atoms with van der Waals surface area (Å²) in [5, 5.41) is 8.70. The molecule has 2 heterocycles. The molecule has 1 unspecified atom stereocenters. The van der Waals surface area contributed by atoms with Gasteiger partial charge in [-0.2, -0.15) is 4.98 Å². The Balaban J connectivity index is 1.64. The number of carbonyl (C=O) groups is 1. The Morgan fingerprint density at radius 2 is 1.84 bits per heavy atom. The maximum atomic E-state index is 13.2. The molecule has 0 fully saturated rings. The van der Waals surface area contributed by atoms with E-state index < -0.39 is 6.04 Å². The maximum absolute atomic E-state index is 13.2. The van der Waals surface area contributed by atoms with E-state index in [1.807, 2.05) is 67.6 Å². The third-order valence-corrected chi connectivity index (χ3v) is 6.03. The first-order chi connectivity index (χ1) is 15.2. The lowest BCUT2D eigenvalue weighted by atomic mass is 9.96. The zero-order valence-corrected chi connectivity index (χ0v) is 18.6. The number of aromatic nitrogens is 3. The maximum Gasteiger partial charge on any atom is 0.338 e. The van der Waals surface area contributed by atoms with E-state index in [1.165, 1.54) is 0 Å². The molecule has 1 aliphatic heterocycles. The molecule has 160 valence electrons. The average molecular weight is 435 g/mol. The van der Waals surface area contributed by atoms with Crippen LogP contribution in [-0.4, -0.2) is 26.5 Å². The molecule has 0 radical (unpaired) electrons. The van der Waals surface area contributed by atoms with Crippen LogP contribution < -0.4 is 5.32 Å². The summed E-state index contributed by atoms with van der Waals surface area (Å²) >= 11 is 1.64. The molecule has 0 saturated heterocycles. The number of thioether (sulfide) groups is 1. The normalized spacial score (nSPS) is 15.4. The second-order valence-electron chi connectivity index (χ2n) is 7.40. The van der Waals surface area contributed by atoms with Crippen LogP contribution in [0.3, 0.4) is 0 Å². The number of anilines is 1. The quantitative estimate of drug-likeness (QED) is 0.298. The van der Waals surface area contributed by atoms with Crippen molar-refractivity contribution in [3.63, 3.8) is 0 Å². The number of fused-ring (bicyclic) bond motifs is 1. The van der Waals surface area contributed by atoms with Crippen LogP contribution in [0.2, 0.25) is 0 Å². The molecule has 0 saturated carbocycles. The Kier molecular flexibility index (Phi) is 6.72. The predicted octanol–water partition coefficient (Wildman–Crippen LogP) is 5.20. The van der Waals surface area contributed by atoms with E-state index in [4.69, 9.17) is 9.84 Å². The van der Waals surface area contributed by atoms with Gasteiger partial charge in [0.15, 0.2) is 0 Å². The van der Waals surface area contributed by atoms with E-state index in [-0.39, 0.29) is 12.6 Å². The van der Waals surface area contributed by atoms with Crippen LogP contribution in [0.1, 0.15) is 43.9 Å². The number of nitrogens with one attached hydrogen (secondary N) is 1. The Bertz CT molecular complexity index is 1060. The second kappa shape index (κ2) is 9.83. The van der Waals surface area contributed by atoms with Gasteiger partial charge in [0, 0.05) is 11.4 Å². The minimum atomic E-state index is -0.395. The van der Waals surface area contributed by atoms with Crippen LogP contribution in [0.5, 0.6) is 0 Å². The van der Waals surface area contributed by atoms with Gasteiger partial charge in [0.25, 0.3) is 0 Å². The van der Waals surface area contributed by atoms with Crippen molar-refractivity contribution in [2.24, 2.45) is 0 Å². The van der Waals surface area contributed by atoms with Gasteiger partial charge in [0.05, 0.1) is 5.57 Å². The van der Waals surface area contributed by atoms with Crippen molar-refractivity contribution in [1.29, 1.82) is 0 Å². The van der Waals surface area contributed by atoms with Crippen molar-refractivity contribution in [2.45, 2.75) is 44.5 Å². The number of hydrogen-bond acceptors (Lipinski definition) is 6. The van der Waals surface area contributed by atoms with E-state index in [0.717, 1.165) is 35.4 Å². The van der Waals surface area contributed by atoms with Crippen LogP contribution in [0, 0.1) is 0 Å². The molecular weight excluding hydrogens is 408 g/mol. The average Bonchev–Trinajstić information content (AvgIpc) is 3.20. The molecule has 1 atom stereocenters. The fraction of sp³-hybridized carbons (Fsp3) is 0.292. The molecule has 7 heteroatoms. The monoisotopic (exact) mass is 434 g/mol. The number of unbranched alkanes of at least 4 members (excludes halogenated alkanes) is 1. The third kappa shape index (κ3) is 4.82. The summed E-state index contributed by atoms with van der Waals surface area (Å²) in [6, 6.07) is 19.2. The van der Waals surface area contributed by atoms with E-state index >= 15 is 0 Å². The van der Waals surface area contributed by atoms with Crippen LogP contribution in [-0.2, 0) is 16.1 Å². The first-order valence-corrected chi connectivity index (χ1v) is 11.5. The van der Waals surface area contributed by atoms with Crippen molar-refractivity contribution >= 4 is 23.7 Å². The number of esters is 1. The lowest BCUT2D eigenvalue weighted by Gasteiger charge is -2.28. The first-order valence-electron chi connectivity index (χ1n) is 10.5. The zero-order valence-electron chi connectivity index (χ0n) is 17.7. The molecule has 0 spiro atoms. The SMILES string of the molecule is CCCCSc1nc2n(n1)C(c1ccccc1)C(C(=O)OCc1ccccc1)=C(C)N2. The molecule has 31 heavy (non-hydrogen) atoms. The Hall–Kier alpha value is -3.06. The standard InChI is InChI=1S/C24H26N4O2S/c1-3-4-15-31-24-26-23-25-17(2)20(22(29)30-16-18-11-7-5-8-12-18)21(28(23)27-24)19-13-9-6-10-14-19/h5-14,21H,3-4,15-16H2,1-2H3,(H,25,26,27). The van der Waals surface area contributed by atoms with Gasteiger partial charge in [0.1, 0.15) is 12.6 Å². The summed E-state index contributed by atoms with van der Waals surface area (Å²) in [5.74, 6) is 1.25. The van der Waals surface area contributed by atoms with Gasteiger partial charge in [-0.3, -0.25) is 0 Å². The number of hydrogen-bond donors (Lipinski definition) is 1. The van der Waals surface area contributed by atoms with E-state index in [1.54, 1.807) is 16.4 Å². The highest BCUT2D eigenvalue weighted by Gasteiger charge is 2.35. The van der Waals surface area contributed by atoms with Crippen molar-refractivity contribution in [3.8, 4) is 0 Å². The summed E-state index contributed by atoms with van der Waals surface area (Å²) < 4.78 is 7.49.